The molecule has 90 valence electrons. The van der Waals surface area contributed by atoms with Crippen molar-refractivity contribution in [3.05, 3.63) is 5.01 Å². The summed E-state index contributed by atoms with van der Waals surface area (Å²) in [5.41, 5.74) is 5.56. The first kappa shape index (κ1) is 11.8. The summed E-state index contributed by atoms with van der Waals surface area (Å²) >= 11 is 1.47. The van der Waals surface area contributed by atoms with Gasteiger partial charge >= 0.3 is 0 Å². The van der Waals surface area contributed by atoms with Gasteiger partial charge in [-0.15, -0.1) is 10.2 Å². The normalized spacial score (nSPS) is 22.4. The number of nitrogens with two attached hydrogens (primary N) is 1. The SMILES string of the molecule is CCOC1CCCN(Cc2nnc(N)s2)C1. The predicted molar refractivity (Wildman–Crippen MR) is 64.2 cm³/mol. The molecule has 2 N–H and O–H groups in total. The van der Waals surface area contributed by atoms with Crippen LogP contribution in [0.15, 0.2) is 0 Å². The number of likely N-dealkylation sites (tertiary alicyclic amines) is 1. The first-order valence-electron chi connectivity index (χ1n) is 5.69. The van der Waals surface area contributed by atoms with Crippen LogP contribution in [0.5, 0.6) is 0 Å². The Hall–Kier alpha value is -0.720. The van der Waals surface area contributed by atoms with Gasteiger partial charge in [0.1, 0.15) is 5.01 Å². The summed E-state index contributed by atoms with van der Waals surface area (Å²) in [5, 5.41) is 9.41. The van der Waals surface area contributed by atoms with Gasteiger partial charge in [0.25, 0.3) is 0 Å². The molecule has 1 fully saturated rings. The van der Waals surface area contributed by atoms with Crippen LogP contribution < -0.4 is 5.73 Å². The van der Waals surface area contributed by atoms with Gasteiger partial charge in [0.2, 0.25) is 5.13 Å². The summed E-state index contributed by atoms with van der Waals surface area (Å²) in [6.45, 7) is 5.80. The van der Waals surface area contributed by atoms with Crippen molar-refractivity contribution < 1.29 is 4.74 Å². The second kappa shape index (κ2) is 5.56. The molecule has 16 heavy (non-hydrogen) atoms. The van der Waals surface area contributed by atoms with Crippen LogP contribution in [-0.2, 0) is 11.3 Å². The van der Waals surface area contributed by atoms with Crippen molar-refractivity contribution in [1.29, 1.82) is 0 Å². The molecular weight excluding hydrogens is 224 g/mol. The summed E-state index contributed by atoms with van der Waals surface area (Å²) < 4.78 is 5.66. The molecule has 1 atom stereocenters. The van der Waals surface area contributed by atoms with E-state index in [-0.39, 0.29) is 0 Å². The number of aromatic nitrogens is 2. The van der Waals surface area contributed by atoms with E-state index in [0.29, 0.717) is 11.2 Å². The Balaban J connectivity index is 1.85. The zero-order valence-corrected chi connectivity index (χ0v) is 10.4. The molecule has 1 unspecified atom stereocenters. The van der Waals surface area contributed by atoms with Crippen LogP contribution in [0, 0.1) is 0 Å². The van der Waals surface area contributed by atoms with E-state index in [0.717, 1.165) is 31.2 Å². The van der Waals surface area contributed by atoms with Crippen molar-refractivity contribution in [3.63, 3.8) is 0 Å². The lowest BCUT2D eigenvalue weighted by Crippen LogP contribution is -2.39. The number of hydrogen-bond donors (Lipinski definition) is 1. The second-order valence-electron chi connectivity index (χ2n) is 3.99. The molecular formula is C10H18N4OS. The molecule has 0 bridgehead atoms. The zero-order chi connectivity index (χ0) is 11.4. The zero-order valence-electron chi connectivity index (χ0n) is 9.56. The van der Waals surface area contributed by atoms with E-state index in [9.17, 15) is 0 Å². The smallest absolute Gasteiger partial charge is 0.203 e. The highest BCUT2D eigenvalue weighted by molar-refractivity contribution is 7.15. The van der Waals surface area contributed by atoms with Gasteiger partial charge < -0.3 is 10.5 Å². The van der Waals surface area contributed by atoms with Crippen molar-refractivity contribution in [3.8, 4) is 0 Å². The van der Waals surface area contributed by atoms with Gasteiger partial charge in [-0.3, -0.25) is 4.90 Å². The summed E-state index contributed by atoms with van der Waals surface area (Å²) in [6.07, 6.45) is 2.74. The van der Waals surface area contributed by atoms with Crippen LogP contribution in [0.4, 0.5) is 5.13 Å². The third kappa shape index (κ3) is 3.13. The van der Waals surface area contributed by atoms with Gasteiger partial charge in [-0.2, -0.15) is 0 Å². The number of piperidine rings is 1. The minimum atomic E-state index is 0.379. The molecule has 0 spiro atoms. The third-order valence-electron chi connectivity index (χ3n) is 2.71. The van der Waals surface area contributed by atoms with Crippen molar-refractivity contribution >= 4 is 16.5 Å². The van der Waals surface area contributed by atoms with E-state index >= 15 is 0 Å². The van der Waals surface area contributed by atoms with Gasteiger partial charge in [0.15, 0.2) is 0 Å². The quantitative estimate of drug-likeness (QED) is 0.857. The Kier molecular flexibility index (Phi) is 4.09. The van der Waals surface area contributed by atoms with Crippen LogP contribution in [-0.4, -0.2) is 40.9 Å². The Bertz CT molecular complexity index is 328. The summed E-state index contributed by atoms with van der Waals surface area (Å²) in [7, 11) is 0. The Morgan fingerprint density at radius 3 is 3.12 bits per heavy atom. The molecule has 0 amide bonds. The van der Waals surface area contributed by atoms with Crippen molar-refractivity contribution in [1.82, 2.24) is 15.1 Å². The van der Waals surface area contributed by atoms with Gasteiger partial charge in [-0.1, -0.05) is 11.3 Å². The van der Waals surface area contributed by atoms with Crippen LogP contribution >= 0.6 is 11.3 Å². The number of rotatable bonds is 4. The van der Waals surface area contributed by atoms with Gasteiger partial charge in [0.05, 0.1) is 12.6 Å². The minimum absolute atomic E-state index is 0.379. The van der Waals surface area contributed by atoms with Crippen LogP contribution in [0.2, 0.25) is 0 Å². The highest BCUT2D eigenvalue weighted by atomic mass is 32.1. The predicted octanol–water partition coefficient (Wildman–Crippen LogP) is 1.12. The molecule has 5 nitrogen and oxygen atoms in total. The number of hydrogen-bond acceptors (Lipinski definition) is 6. The monoisotopic (exact) mass is 242 g/mol. The topological polar surface area (TPSA) is 64.3 Å². The molecule has 1 aliphatic heterocycles. The Morgan fingerprint density at radius 1 is 1.56 bits per heavy atom. The van der Waals surface area contributed by atoms with Gasteiger partial charge in [-0.05, 0) is 26.3 Å². The molecule has 0 aromatic carbocycles. The van der Waals surface area contributed by atoms with E-state index < -0.39 is 0 Å². The maximum absolute atomic E-state index is 5.66. The van der Waals surface area contributed by atoms with E-state index in [1.807, 2.05) is 6.92 Å². The average Bonchev–Trinajstić information content (AvgIpc) is 2.65. The van der Waals surface area contributed by atoms with Crippen LogP contribution in [0.25, 0.3) is 0 Å². The summed E-state index contributed by atoms with van der Waals surface area (Å²) in [4.78, 5) is 2.36. The molecule has 0 aliphatic carbocycles. The van der Waals surface area contributed by atoms with E-state index in [1.165, 1.54) is 24.2 Å². The van der Waals surface area contributed by atoms with Crippen molar-refractivity contribution in [2.24, 2.45) is 0 Å². The summed E-state index contributed by atoms with van der Waals surface area (Å²) in [5.74, 6) is 0. The Morgan fingerprint density at radius 2 is 2.44 bits per heavy atom. The molecule has 1 aromatic heterocycles. The third-order valence-corrected chi connectivity index (χ3v) is 3.44. The number of nitrogens with zero attached hydrogens (tertiary/aromatic N) is 3. The maximum atomic E-state index is 5.66. The van der Waals surface area contributed by atoms with E-state index in [1.54, 1.807) is 0 Å². The fraction of sp³-hybridized carbons (Fsp3) is 0.800. The minimum Gasteiger partial charge on any atom is -0.377 e. The van der Waals surface area contributed by atoms with Crippen LogP contribution in [0.3, 0.4) is 0 Å². The molecule has 1 aliphatic rings. The second-order valence-corrected chi connectivity index (χ2v) is 5.08. The Labute approximate surface area is 99.6 Å². The van der Waals surface area contributed by atoms with Crippen molar-refractivity contribution in [2.75, 3.05) is 25.4 Å². The molecule has 0 saturated carbocycles. The van der Waals surface area contributed by atoms with E-state index in [4.69, 9.17) is 10.5 Å². The lowest BCUT2D eigenvalue weighted by molar-refractivity contribution is 0.00357. The van der Waals surface area contributed by atoms with Crippen LogP contribution in [0.1, 0.15) is 24.8 Å². The lowest BCUT2D eigenvalue weighted by atomic mass is 10.1. The first-order chi connectivity index (χ1) is 7.78. The standard InChI is InChI=1S/C10H18N4OS/c1-2-15-8-4-3-5-14(6-8)7-9-12-13-10(11)16-9/h8H,2-7H2,1H3,(H2,11,13). The largest absolute Gasteiger partial charge is 0.377 e. The molecule has 0 radical (unpaired) electrons. The number of nitrogen functional groups attached to an aromatic ring is 1. The maximum Gasteiger partial charge on any atom is 0.203 e. The van der Waals surface area contributed by atoms with E-state index in [2.05, 4.69) is 15.1 Å². The van der Waals surface area contributed by atoms with Gasteiger partial charge in [-0.25, -0.2) is 0 Å². The molecule has 6 heteroatoms. The highest BCUT2D eigenvalue weighted by Gasteiger charge is 2.20. The fourth-order valence-electron chi connectivity index (χ4n) is 2.05. The summed E-state index contributed by atoms with van der Waals surface area (Å²) in [6, 6.07) is 0. The lowest BCUT2D eigenvalue weighted by Gasteiger charge is -2.31. The first-order valence-corrected chi connectivity index (χ1v) is 6.51. The number of anilines is 1. The molecule has 1 aromatic rings. The molecule has 1 saturated heterocycles. The highest BCUT2D eigenvalue weighted by Crippen LogP contribution is 2.18. The fourth-order valence-corrected chi connectivity index (χ4v) is 2.70. The molecule has 2 heterocycles. The average molecular weight is 242 g/mol. The molecule has 2 rings (SSSR count). The number of ether oxygens (including phenoxy) is 1. The van der Waals surface area contributed by atoms with Crippen molar-refractivity contribution in [2.45, 2.75) is 32.4 Å². The van der Waals surface area contributed by atoms with Gasteiger partial charge in [0, 0.05) is 13.2 Å².